The predicted molar refractivity (Wildman–Crippen MR) is 288 cm³/mol. The van der Waals surface area contributed by atoms with Gasteiger partial charge in [-0.05, 0) is 81.4 Å². The van der Waals surface area contributed by atoms with Gasteiger partial charge in [0.25, 0.3) is 0 Å². The number of hydrogen-bond donors (Lipinski definition) is 16. The Balaban J connectivity index is 0.000000541. The molecule has 28 heteroatoms. The van der Waals surface area contributed by atoms with Crippen molar-refractivity contribution >= 4 is 76.4 Å². The highest BCUT2D eigenvalue weighted by Gasteiger charge is 2.33. The lowest BCUT2D eigenvalue weighted by molar-refractivity contribution is -0.142. The van der Waals surface area contributed by atoms with Crippen molar-refractivity contribution < 1.29 is 58.2 Å². The first-order chi connectivity index (χ1) is 36.9. The molecule has 0 aliphatic heterocycles. The summed E-state index contributed by atoms with van der Waals surface area (Å²) < 4.78 is 0. The van der Waals surface area contributed by atoms with Crippen LogP contribution < -0.4 is 66.3 Å². The number of carboxylic acid groups (broad SMARTS) is 2. The Bertz CT molecular complexity index is 2460. The van der Waals surface area contributed by atoms with Crippen molar-refractivity contribution in [3.05, 3.63) is 54.2 Å². The lowest BCUT2D eigenvalue weighted by Gasteiger charge is -2.27. The Morgan fingerprint density at radius 1 is 0.679 bits per heavy atom. The average molecular weight is 1100 g/mol. The number of aliphatic imine (C=N–C) groups is 1. The van der Waals surface area contributed by atoms with Gasteiger partial charge >= 0.3 is 11.9 Å². The molecule has 0 aliphatic carbocycles. The van der Waals surface area contributed by atoms with Gasteiger partial charge in [-0.25, -0.2) is 9.78 Å². The van der Waals surface area contributed by atoms with Gasteiger partial charge in [-0.2, -0.15) is 0 Å². The minimum Gasteiger partial charge on any atom is -0.481 e. The van der Waals surface area contributed by atoms with Crippen LogP contribution in [0.5, 0.6) is 0 Å². The summed E-state index contributed by atoms with van der Waals surface area (Å²) in [6.07, 6.45) is 6.92. The van der Waals surface area contributed by atoms with Crippen LogP contribution in [0.2, 0.25) is 0 Å². The minimum atomic E-state index is -1.26. The number of aromatic amines is 2. The maximum Gasteiger partial charge on any atom is 0.326 e. The molecule has 0 radical (unpaired) electrons. The molecule has 7 amide bonds. The third-order valence-corrected chi connectivity index (χ3v) is 12.0. The van der Waals surface area contributed by atoms with Crippen molar-refractivity contribution in [3.63, 3.8) is 0 Å². The Morgan fingerprint density at radius 3 is 1.88 bits per heavy atom. The molecule has 0 spiro atoms. The predicted octanol–water partition coefficient (Wildman–Crippen LogP) is -2.48. The summed E-state index contributed by atoms with van der Waals surface area (Å²) in [5.41, 5.74) is 35.1. The van der Waals surface area contributed by atoms with E-state index in [4.69, 9.17) is 39.5 Å². The Hall–Kier alpha value is -7.98. The van der Waals surface area contributed by atoms with Crippen molar-refractivity contribution in [2.75, 3.05) is 13.1 Å². The molecule has 3 aromatic rings. The highest BCUT2D eigenvalue weighted by Crippen LogP contribution is 2.20. The maximum absolute atomic E-state index is 13.4. The zero-order chi connectivity index (χ0) is 58.5. The SMILES string of the molecule is CC(C)C[C@H](NC(=O)[C@H](Cc1cnc[nH]1)NC(=O)[C@@H](N)CCC(N)=O)C(=O)N[C@@H](Cc1c[nH]c2ccccc12)C(=O)O.CC(C)[C@H](NC(=O)[C@@H](N)CCCN=C(N)N)C(=O)N[C@@H](CCCCN)C(=O)N[C@H](C=O)CCC(=O)O. The van der Waals surface area contributed by atoms with Crippen LogP contribution in [0.3, 0.4) is 0 Å². The number of nitrogens with zero attached hydrogens (tertiary/aromatic N) is 2. The van der Waals surface area contributed by atoms with E-state index in [2.05, 4.69) is 51.8 Å². The molecule has 0 fully saturated rings. The fraction of sp³-hybridized carbons (Fsp3) is 0.560. The van der Waals surface area contributed by atoms with Gasteiger partial charge in [-0.15, -0.1) is 0 Å². The van der Waals surface area contributed by atoms with E-state index in [0.717, 1.165) is 16.5 Å². The number of amides is 7. The van der Waals surface area contributed by atoms with Gasteiger partial charge in [0.05, 0.1) is 24.5 Å². The van der Waals surface area contributed by atoms with Gasteiger partial charge in [0.2, 0.25) is 41.4 Å². The number of carboxylic acids is 2. The van der Waals surface area contributed by atoms with Crippen molar-refractivity contribution in [1.29, 1.82) is 0 Å². The monoisotopic (exact) mass is 1100 g/mol. The number of primary amides is 1. The number of imidazole rings is 1. The zero-order valence-electron chi connectivity index (χ0n) is 44.6. The number of guanidine groups is 1. The number of rotatable bonds is 35. The number of unbranched alkanes of at least 4 members (excludes halogenated alkanes) is 1. The van der Waals surface area contributed by atoms with Crippen molar-refractivity contribution in [2.45, 2.75) is 153 Å². The number of aliphatic carboxylic acids is 2. The second-order valence-corrected chi connectivity index (χ2v) is 19.4. The van der Waals surface area contributed by atoms with E-state index in [-0.39, 0.29) is 69.2 Å². The fourth-order valence-electron chi connectivity index (χ4n) is 7.71. The first kappa shape index (κ1) is 66.1. The van der Waals surface area contributed by atoms with Crippen LogP contribution in [0, 0.1) is 11.8 Å². The second-order valence-electron chi connectivity index (χ2n) is 19.4. The van der Waals surface area contributed by atoms with E-state index in [1.54, 1.807) is 20.0 Å². The summed E-state index contributed by atoms with van der Waals surface area (Å²) >= 11 is 0. The van der Waals surface area contributed by atoms with Crippen molar-refractivity contribution in [1.82, 2.24) is 46.9 Å². The highest BCUT2D eigenvalue weighted by molar-refractivity contribution is 5.95. The second kappa shape index (κ2) is 34.6. The molecule has 0 saturated carbocycles. The van der Waals surface area contributed by atoms with E-state index in [9.17, 15) is 53.1 Å². The van der Waals surface area contributed by atoms with Crippen LogP contribution in [0.25, 0.3) is 10.9 Å². The number of H-pyrrole nitrogens is 2. The van der Waals surface area contributed by atoms with Gasteiger partial charge < -0.3 is 91.3 Å². The zero-order valence-corrected chi connectivity index (χ0v) is 44.6. The Labute approximate surface area is 451 Å². The van der Waals surface area contributed by atoms with Gasteiger partial charge in [0, 0.05) is 61.2 Å². The molecule has 78 heavy (non-hydrogen) atoms. The van der Waals surface area contributed by atoms with Gasteiger partial charge in [-0.3, -0.25) is 43.3 Å². The van der Waals surface area contributed by atoms with Crippen LogP contribution in [-0.4, -0.2) is 152 Å². The number of hydrogen-bond acceptors (Lipinski definition) is 15. The molecular weight excluding hydrogens is 1020 g/mol. The first-order valence-corrected chi connectivity index (χ1v) is 25.7. The average Bonchev–Trinajstić information content (AvgIpc) is 4.06. The molecule has 2 aromatic heterocycles. The molecule has 28 nitrogen and oxygen atoms in total. The number of carbonyl (C=O) groups excluding carboxylic acids is 8. The number of para-hydroxylation sites is 1. The summed E-state index contributed by atoms with van der Waals surface area (Å²) in [6, 6.07) is -1.06. The highest BCUT2D eigenvalue weighted by atomic mass is 16.4. The minimum absolute atomic E-state index is 0.00838. The number of nitrogens with one attached hydrogen (secondary N) is 8. The smallest absolute Gasteiger partial charge is 0.326 e. The lowest BCUT2D eigenvalue weighted by atomic mass is 10.0. The van der Waals surface area contributed by atoms with Gasteiger partial charge in [-0.1, -0.05) is 45.9 Å². The third-order valence-electron chi connectivity index (χ3n) is 12.0. The number of carbonyl (C=O) groups is 10. The van der Waals surface area contributed by atoms with E-state index < -0.39 is 102 Å². The number of fused-ring (bicyclic) bond motifs is 1. The summed E-state index contributed by atoms with van der Waals surface area (Å²) in [4.78, 5) is 137. The molecule has 0 unspecified atom stereocenters. The lowest BCUT2D eigenvalue weighted by Crippen LogP contribution is -2.58. The molecule has 3 rings (SSSR count). The standard InChI is InChI=1S/C28H38N8O6.C22H42N8O6/c1-15(2)9-21(26(39)36-23(28(41)42)10-16-12-32-20-6-4-3-5-18(16)20)35-27(40)22(11-17-13-31-14-33-17)34-25(38)19(29)7-8-24(30)37;1-13(2)18(30-19(34)15(24)6-5-11-27-22(25)26)21(36)29-16(7-3-4-10-23)20(35)28-14(12-31)8-9-17(32)33/h3-6,12-15,19,21-23,32H,7-11,29H2,1-2H3,(H2,30,37)(H,31,33)(H,34,38)(H,35,40)(H,36,39)(H,41,42);12-16,18H,3-11,23-24H2,1-2H3,(H,28,35)(H,29,36)(H,30,34)(H,32,33)(H4,25,26,27)/t19-,21-,22-,23-;14-,15-,16-,18-/m00/s1. The van der Waals surface area contributed by atoms with Gasteiger partial charge in [0.15, 0.2) is 5.96 Å². The molecule has 0 aliphatic rings. The van der Waals surface area contributed by atoms with Crippen molar-refractivity contribution in [2.24, 2.45) is 51.2 Å². The summed E-state index contributed by atoms with van der Waals surface area (Å²) in [5, 5.41) is 35.1. The normalized spacial score (nSPS) is 14.1. The Kier molecular flexibility index (Phi) is 29.4. The number of nitrogens with two attached hydrogens (primary N) is 6. The summed E-state index contributed by atoms with van der Waals surface area (Å²) in [7, 11) is 0. The number of aromatic nitrogens is 3. The van der Waals surface area contributed by atoms with Crippen LogP contribution in [-0.2, 0) is 60.8 Å². The summed E-state index contributed by atoms with van der Waals surface area (Å²) in [5.74, 6) is -7.15. The van der Waals surface area contributed by atoms with Crippen LogP contribution in [0.1, 0.15) is 103 Å². The van der Waals surface area contributed by atoms with E-state index in [0.29, 0.717) is 50.8 Å². The van der Waals surface area contributed by atoms with Gasteiger partial charge in [0.1, 0.15) is 36.5 Å². The van der Waals surface area contributed by atoms with Crippen LogP contribution in [0.4, 0.5) is 0 Å². The maximum atomic E-state index is 13.4. The van der Waals surface area contributed by atoms with E-state index in [1.807, 2.05) is 38.1 Å². The van der Waals surface area contributed by atoms with Crippen molar-refractivity contribution in [3.8, 4) is 0 Å². The van der Waals surface area contributed by atoms with E-state index in [1.165, 1.54) is 12.5 Å². The molecule has 0 saturated heterocycles. The molecule has 8 atom stereocenters. The number of benzene rings is 1. The molecular formula is C50H80N16O12. The quantitative estimate of drug-likeness (QED) is 0.0126. The fourth-order valence-corrected chi connectivity index (χ4v) is 7.71. The molecule has 1 aromatic carbocycles. The first-order valence-electron chi connectivity index (χ1n) is 25.7. The Morgan fingerprint density at radius 2 is 1.29 bits per heavy atom. The topological polar surface area (TPSA) is 496 Å². The molecule has 432 valence electrons. The van der Waals surface area contributed by atoms with Crippen LogP contribution in [0.15, 0.2) is 48.0 Å². The largest absolute Gasteiger partial charge is 0.481 e. The molecule has 2 heterocycles. The third kappa shape index (κ3) is 24.8. The van der Waals surface area contributed by atoms with Crippen LogP contribution >= 0.6 is 0 Å². The number of aldehydes is 1. The summed E-state index contributed by atoms with van der Waals surface area (Å²) in [6.45, 7) is 7.87. The molecule has 22 N–H and O–H groups in total. The van der Waals surface area contributed by atoms with E-state index >= 15 is 0 Å². The molecule has 0 bridgehead atoms.